The van der Waals surface area contributed by atoms with Gasteiger partial charge in [-0.3, -0.25) is 4.79 Å². The quantitative estimate of drug-likeness (QED) is 0.803. The Hall–Kier alpha value is -2.49. The summed E-state index contributed by atoms with van der Waals surface area (Å²) in [5.41, 5.74) is 1.71. The number of aliphatic carboxylic acids is 1. The molecule has 2 aromatic rings. The molecule has 4 nitrogen and oxygen atoms in total. The molecule has 0 bridgehead atoms. The van der Waals surface area contributed by atoms with Gasteiger partial charge in [-0.15, -0.1) is 0 Å². The minimum Gasteiger partial charge on any atom is -0.490 e. The first-order valence-corrected chi connectivity index (χ1v) is 7.82. The number of benzene rings is 2. The third kappa shape index (κ3) is 4.49. The largest absolute Gasteiger partial charge is 0.490 e. The fourth-order valence-electron chi connectivity index (χ4n) is 2.49. The average Bonchev–Trinajstić information content (AvgIpc) is 2.56. The lowest BCUT2D eigenvalue weighted by atomic mass is 9.92. The molecule has 23 heavy (non-hydrogen) atoms. The molecule has 0 amide bonds. The van der Waals surface area contributed by atoms with Crippen LogP contribution >= 0.6 is 0 Å². The third-order valence-electron chi connectivity index (χ3n) is 3.55. The van der Waals surface area contributed by atoms with Crippen LogP contribution in [-0.4, -0.2) is 24.3 Å². The van der Waals surface area contributed by atoms with E-state index in [1.807, 2.05) is 62.4 Å². The van der Waals surface area contributed by atoms with Crippen molar-refractivity contribution in [3.05, 3.63) is 59.7 Å². The maximum absolute atomic E-state index is 11.6. The van der Waals surface area contributed by atoms with Gasteiger partial charge in [0.05, 0.1) is 19.1 Å². The fraction of sp³-hybridized carbons (Fsp3) is 0.316. The molecule has 1 unspecified atom stereocenters. The van der Waals surface area contributed by atoms with Crippen LogP contribution in [0.15, 0.2) is 48.5 Å². The van der Waals surface area contributed by atoms with E-state index >= 15 is 0 Å². The van der Waals surface area contributed by atoms with Crippen molar-refractivity contribution in [3.63, 3.8) is 0 Å². The summed E-state index contributed by atoms with van der Waals surface area (Å²) in [6.07, 6.45) is 0.409. The van der Waals surface area contributed by atoms with Crippen LogP contribution in [0.25, 0.3) is 0 Å². The first kappa shape index (κ1) is 16.9. The summed E-state index contributed by atoms with van der Waals surface area (Å²) in [6.45, 7) is 4.91. The summed E-state index contributed by atoms with van der Waals surface area (Å²) in [7, 11) is 0. The topological polar surface area (TPSA) is 55.8 Å². The molecule has 0 heterocycles. The zero-order chi connectivity index (χ0) is 16.7. The normalized spacial score (nSPS) is 11.7. The fourth-order valence-corrected chi connectivity index (χ4v) is 2.49. The molecular formula is C19H22O4. The first-order chi connectivity index (χ1) is 11.2. The third-order valence-corrected chi connectivity index (χ3v) is 3.55. The van der Waals surface area contributed by atoms with Gasteiger partial charge in [-0.25, -0.2) is 0 Å². The second-order valence-electron chi connectivity index (χ2n) is 5.15. The van der Waals surface area contributed by atoms with Gasteiger partial charge < -0.3 is 14.6 Å². The van der Waals surface area contributed by atoms with Gasteiger partial charge in [0.1, 0.15) is 0 Å². The van der Waals surface area contributed by atoms with E-state index in [2.05, 4.69) is 0 Å². The molecule has 0 saturated heterocycles. The maximum atomic E-state index is 11.6. The Labute approximate surface area is 136 Å². The molecule has 0 saturated carbocycles. The molecule has 0 radical (unpaired) electrons. The predicted molar refractivity (Wildman–Crippen MR) is 89.3 cm³/mol. The highest BCUT2D eigenvalue weighted by Gasteiger charge is 2.20. The Bertz CT molecular complexity index is 637. The molecule has 1 atom stereocenters. The smallest absolute Gasteiger partial charge is 0.311 e. The SMILES string of the molecule is CCOc1ccc(CC(C(=O)O)c2ccccc2)cc1OCC. The molecule has 0 spiro atoms. The van der Waals surface area contributed by atoms with Crippen molar-refractivity contribution in [3.8, 4) is 11.5 Å². The molecule has 122 valence electrons. The van der Waals surface area contributed by atoms with Crippen molar-refractivity contribution in [2.75, 3.05) is 13.2 Å². The monoisotopic (exact) mass is 314 g/mol. The molecule has 0 aromatic heterocycles. The Balaban J connectivity index is 2.26. The minimum atomic E-state index is -0.831. The summed E-state index contributed by atoms with van der Waals surface area (Å²) in [5, 5.41) is 9.54. The number of carboxylic acid groups (broad SMARTS) is 1. The van der Waals surface area contributed by atoms with Crippen molar-refractivity contribution in [1.29, 1.82) is 0 Å². The number of carbonyl (C=O) groups is 1. The number of rotatable bonds is 8. The Morgan fingerprint density at radius 1 is 1.00 bits per heavy atom. The average molecular weight is 314 g/mol. The van der Waals surface area contributed by atoms with E-state index < -0.39 is 11.9 Å². The van der Waals surface area contributed by atoms with Crippen LogP contribution in [0.5, 0.6) is 11.5 Å². The van der Waals surface area contributed by atoms with Gasteiger partial charge in [0.15, 0.2) is 11.5 Å². The molecule has 0 aliphatic carbocycles. The summed E-state index contributed by atoms with van der Waals surface area (Å²) >= 11 is 0. The second kappa shape index (κ2) is 8.22. The van der Waals surface area contributed by atoms with Crippen molar-refractivity contribution >= 4 is 5.97 Å². The Kier molecular flexibility index (Phi) is 6.03. The minimum absolute atomic E-state index is 0.409. The number of carboxylic acids is 1. The molecule has 0 aliphatic rings. The first-order valence-electron chi connectivity index (χ1n) is 7.82. The molecule has 0 aliphatic heterocycles. The lowest BCUT2D eigenvalue weighted by Crippen LogP contribution is -2.14. The summed E-state index contributed by atoms with van der Waals surface area (Å²) in [6, 6.07) is 14.9. The van der Waals surface area contributed by atoms with Gasteiger partial charge >= 0.3 is 5.97 Å². The summed E-state index contributed by atoms with van der Waals surface area (Å²) in [5.74, 6) is -0.0691. The van der Waals surface area contributed by atoms with Crippen LogP contribution < -0.4 is 9.47 Å². The van der Waals surface area contributed by atoms with Crippen LogP contribution in [-0.2, 0) is 11.2 Å². The number of hydrogen-bond acceptors (Lipinski definition) is 3. The zero-order valence-corrected chi connectivity index (χ0v) is 13.5. The molecule has 1 N–H and O–H groups in total. The molecule has 0 fully saturated rings. The van der Waals surface area contributed by atoms with E-state index in [0.717, 1.165) is 11.1 Å². The predicted octanol–water partition coefficient (Wildman–Crippen LogP) is 3.89. The van der Waals surface area contributed by atoms with Crippen molar-refractivity contribution in [2.24, 2.45) is 0 Å². The van der Waals surface area contributed by atoms with Crippen LogP contribution in [0.2, 0.25) is 0 Å². The van der Waals surface area contributed by atoms with E-state index in [1.54, 1.807) is 0 Å². The van der Waals surface area contributed by atoms with E-state index in [0.29, 0.717) is 31.1 Å². The lowest BCUT2D eigenvalue weighted by Gasteiger charge is -2.15. The van der Waals surface area contributed by atoms with Gasteiger partial charge in [-0.2, -0.15) is 0 Å². The highest BCUT2D eigenvalue weighted by atomic mass is 16.5. The molecule has 4 heteroatoms. The highest BCUT2D eigenvalue weighted by Crippen LogP contribution is 2.31. The van der Waals surface area contributed by atoms with E-state index in [4.69, 9.17) is 9.47 Å². The van der Waals surface area contributed by atoms with E-state index in [1.165, 1.54) is 0 Å². The van der Waals surface area contributed by atoms with Gasteiger partial charge in [-0.05, 0) is 43.5 Å². The number of ether oxygens (including phenoxy) is 2. The summed E-state index contributed by atoms with van der Waals surface area (Å²) < 4.78 is 11.1. The lowest BCUT2D eigenvalue weighted by molar-refractivity contribution is -0.138. The Morgan fingerprint density at radius 2 is 1.65 bits per heavy atom. The van der Waals surface area contributed by atoms with Gasteiger partial charge in [0.2, 0.25) is 0 Å². The van der Waals surface area contributed by atoms with E-state index in [9.17, 15) is 9.90 Å². The molecule has 2 aromatic carbocycles. The summed E-state index contributed by atoms with van der Waals surface area (Å²) in [4.78, 5) is 11.6. The maximum Gasteiger partial charge on any atom is 0.311 e. The highest BCUT2D eigenvalue weighted by molar-refractivity contribution is 5.76. The van der Waals surface area contributed by atoms with E-state index in [-0.39, 0.29) is 0 Å². The zero-order valence-electron chi connectivity index (χ0n) is 13.5. The molecular weight excluding hydrogens is 292 g/mol. The van der Waals surface area contributed by atoms with Gasteiger partial charge in [0.25, 0.3) is 0 Å². The standard InChI is InChI=1S/C19H22O4/c1-3-22-17-11-10-14(13-18(17)23-4-2)12-16(19(20)21)15-8-6-5-7-9-15/h5-11,13,16H,3-4,12H2,1-2H3,(H,20,21). The Morgan fingerprint density at radius 3 is 2.26 bits per heavy atom. The van der Waals surface area contributed by atoms with Crippen molar-refractivity contribution in [2.45, 2.75) is 26.2 Å². The van der Waals surface area contributed by atoms with Crippen LogP contribution in [0, 0.1) is 0 Å². The molecule has 2 rings (SSSR count). The van der Waals surface area contributed by atoms with Gasteiger partial charge in [0, 0.05) is 0 Å². The van der Waals surface area contributed by atoms with Crippen LogP contribution in [0.4, 0.5) is 0 Å². The number of hydrogen-bond donors (Lipinski definition) is 1. The van der Waals surface area contributed by atoms with Gasteiger partial charge in [-0.1, -0.05) is 36.4 Å². The van der Waals surface area contributed by atoms with Crippen molar-refractivity contribution in [1.82, 2.24) is 0 Å². The van der Waals surface area contributed by atoms with Crippen LogP contribution in [0.3, 0.4) is 0 Å². The van der Waals surface area contributed by atoms with Crippen molar-refractivity contribution < 1.29 is 19.4 Å². The van der Waals surface area contributed by atoms with Crippen LogP contribution in [0.1, 0.15) is 30.9 Å². The second-order valence-corrected chi connectivity index (χ2v) is 5.15.